The number of hydrogen-bond acceptors (Lipinski definition) is 3. The van der Waals surface area contributed by atoms with E-state index in [1.54, 1.807) is 13.2 Å². The largest absolute Gasteiger partial charge is 0.493 e. The first-order chi connectivity index (χ1) is 11.6. The molecule has 3 rings (SSSR count). The molecule has 0 spiro atoms. The van der Waals surface area contributed by atoms with Crippen molar-refractivity contribution in [3.63, 3.8) is 0 Å². The topological polar surface area (TPSA) is 47.6 Å². The second kappa shape index (κ2) is 7.09. The van der Waals surface area contributed by atoms with Gasteiger partial charge in [0.05, 0.1) is 10.7 Å². The van der Waals surface area contributed by atoms with Crippen LogP contribution in [0.2, 0.25) is 0 Å². The van der Waals surface area contributed by atoms with E-state index in [9.17, 15) is 4.79 Å². The van der Waals surface area contributed by atoms with Gasteiger partial charge >= 0.3 is 0 Å². The van der Waals surface area contributed by atoms with E-state index in [-0.39, 0.29) is 5.91 Å². The molecule has 24 heavy (non-hydrogen) atoms. The van der Waals surface area contributed by atoms with Gasteiger partial charge < -0.3 is 14.8 Å². The minimum Gasteiger partial charge on any atom is -0.493 e. The summed E-state index contributed by atoms with van der Waals surface area (Å²) in [7, 11) is 1.60. The van der Waals surface area contributed by atoms with Crippen molar-refractivity contribution in [3.05, 3.63) is 63.8 Å². The fraction of sp³-hybridized carbons (Fsp3) is 0.105. The molecule has 0 aromatic heterocycles. The molecule has 1 aliphatic rings. The van der Waals surface area contributed by atoms with Gasteiger partial charge in [-0.15, -0.1) is 0 Å². The number of hydrogen-bond donors (Lipinski definition) is 1. The van der Waals surface area contributed by atoms with Crippen LogP contribution in [-0.4, -0.2) is 19.6 Å². The van der Waals surface area contributed by atoms with Gasteiger partial charge in [-0.05, 0) is 52.4 Å². The van der Waals surface area contributed by atoms with Gasteiger partial charge in [0, 0.05) is 16.8 Å². The summed E-state index contributed by atoms with van der Waals surface area (Å²) in [5.41, 5.74) is 3.26. The Hall–Kier alpha value is -2.28. The van der Waals surface area contributed by atoms with Crippen LogP contribution >= 0.6 is 22.6 Å². The Balaban J connectivity index is 2.03. The molecule has 2 aromatic carbocycles. The molecule has 0 bridgehead atoms. The molecule has 0 atom stereocenters. The predicted octanol–water partition coefficient (Wildman–Crippen LogP) is 4.36. The maximum atomic E-state index is 12.2. The summed E-state index contributed by atoms with van der Waals surface area (Å²) in [4.78, 5) is 12.2. The number of methoxy groups -OCH3 is 1. The number of carbonyl (C=O) groups is 1. The number of halogens is 1. The molecule has 2 aromatic rings. The Morgan fingerprint density at radius 3 is 2.83 bits per heavy atom. The molecular weight excluding hydrogens is 417 g/mol. The molecule has 0 aliphatic carbocycles. The highest BCUT2D eigenvalue weighted by molar-refractivity contribution is 14.1. The van der Waals surface area contributed by atoms with Gasteiger partial charge in [0.25, 0.3) is 5.91 Å². The number of amides is 1. The lowest BCUT2D eigenvalue weighted by Crippen LogP contribution is -2.03. The van der Waals surface area contributed by atoms with Crippen molar-refractivity contribution < 1.29 is 14.3 Å². The van der Waals surface area contributed by atoms with E-state index >= 15 is 0 Å². The number of nitrogens with one attached hydrogen (secondary N) is 1. The summed E-state index contributed by atoms with van der Waals surface area (Å²) in [6.07, 6.45) is 3.55. The maximum absolute atomic E-state index is 12.2. The zero-order valence-electron chi connectivity index (χ0n) is 13.1. The summed E-state index contributed by atoms with van der Waals surface area (Å²) in [6, 6.07) is 11.5. The molecule has 0 saturated heterocycles. The molecule has 5 heteroatoms. The van der Waals surface area contributed by atoms with Crippen molar-refractivity contribution in [2.75, 3.05) is 19.0 Å². The smallest absolute Gasteiger partial charge is 0.256 e. The van der Waals surface area contributed by atoms with Crippen LogP contribution < -0.4 is 14.8 Å². The van der Waals surface area contributed by atoms with Crippen LogP contribution in [-0.2, 0) is 4.79 Å². The van der Waals surface area contributed by atoms with Crippen molar-refractivity contribution in [1.82, 2.24) is 0 Å². The van der Waals surface area contributed by atoms with Crippen LogP contribution in [0.4, 0.5) is 5.69 Å². The van der Waals surface area contributed by atoms with Crippen molar-refractivity contribution in [2.24, 2.45) is 0 Å². The first kappa shape index (κ1) is 16.6. The molecule has 122 valence electrons. The minimum absolute atomic E-state index is 0.0999. The van der Waals surface area contributed by atoms with Crippen LogP contribution in [0.5, 0.6) is 11.5 Å². The summed E-state index contributed by atoms with van der Waals surface area (Å²) < 4.78 is 12.0. The lowest BCUT2D eigenvalue weighted by atomic mass is 10.0. The average molecular weight is 433 g/mol. The van der Waals surface area contributed by atoms with Gasteiger partial charge in [-0.25, -0.2) is 0 Å². The second-order valence-electron chi connectivity index (χ2n) is 5.19. The third-order valence-corrected chi connectivity index (χ3v) is 4.42. The van der Waals surface area contributed by atoms with Crippen molar-refractivity contribution >= 4 is 45.8 Å². The third-order valence-electron chi connectivity index (χ3n) is 3.62. The Bertz CT molecular complexity index is 843. The van der Waals surface area contributed by atoms with E-state index in [2.05, 4.69) is 34.5 Å². The van der Waals surface area contributed by atoms with Crippen LogP contribution in [0.15, 0.2) is 49.1 Å². The monoisotopic (exact) mass is 433 g/mol. The van der Waals surface area contributed by atoms with Gasteiger partial charge in [-0.3, -0.25) is 4.79 Å². The summed E-state index contributed by atoms with van der Waals surface area (Å²) in [5, 5.41) is 2.87. The third kappa shape index (κ3) is 3.17. The molecule has 1 heterocycles. The first-order valence-corrected chi connectivity index (χ1v) is 8.45. The molecule has 1 N–H and O–H groups in total. The summed E-state index contributed by atoms with van der Waals surface area (Å²) in [6.45, 7) is 4.06. The zero-order valence-corrected chi connectivity index (χ0v) is 15.3. The molecule has 4 nitrogen and oxygen atoms in total. The van der Waals surface area contributed by atoms with Crippen molar-refractivity contribution in [1.29, 1.82) is 0 Å². The minimum atomic E-state index is -0.0999. The van der Waals surface area contributed by atoms with E-state index in [4.69, 9.17) is 9.47 Å². The molecular formula is C19H16INO3. The number of anilines is 1. The zero-order chi connectivity index (χ0) is 17.1. The number of fused-ring (bicyclic) bond motifs is 1. The molecule has 0 fully saturated rings. The fourth-order valence-electron chi connectivity index (χ4n) is 2.55. The summed E-state index contributed by atoms with van der Waals surface area (Å²) >= 11 is 2.20. The van der Waals surface area contributed by atoms with Crippen LogP contribution in [0.1, 0.15) is 11.1 Å². The van der Waals surface area contributed by atoms with E-state index in [1.807, 2.05) is 42.5 Å². The first-order valence-electron chi connectivity index (χ1n) is 7.37. The van der Waals surface area contributed by atoms with E-state index in [1.165, 1.54) is 0 Å². The van der Waals surface area contributed by atoms with E-state index in [0.29, 0.717) is 23.7 Å². The van der Waals surface area contributed by atoms with Gasteiger partial charge in [0.15, 0.2) is 11.5 Å². The van der Waals surface area contributed by atoms with Crippen molar-refractivity contribution in [2.45, 2.75) is 0 Å². The second-order valence-corrected chi connectivity index (χ2v) is 6.35. The fourth-order valence-corrected chi connectivity index (χ4v) is 3.34. The predicted molar refractivity (Wildman–Crippen MR) is 104 cm³/mol. The molecule has 1 aliphatic heterocycles. The maximum Gasteiger partial charge on any atom is 0.256 e. The van der Waals surface area contributed by atoms with Crippen molar-refractivity contribution in [3.8, 4) is 11.5 Å². The van der Waals surface area contributed by atoms with Gasteiger partial charge in [-0.2, -0.15) is 0 Å². The van der Waals surface area contributed by atoms with E-state index in [0.717, 1.165) is 20.4 Å². The SMILES string of the molecule is C=CCOc1c(I)cc(/C=C2\C(=O)Nc3ccccc32)cc1OC. The van der Waals surface area contributed by atoms with Gasteiger partial charge in [0.2, 0.25) is 0 Å². The Morgan fingerprint density at radius 2 is 2.08 bits per heavy atom. The van der Waals surface area contributed by atoms with Gasteiger partial charge in [0.1, 0.15) is 6.61 Å². The quantitative estimate of drug-likeness (QED) is 0.433. The summed E-state index contributed by atoms with van der Waals surface area (Å²) in [5.74, 6) is 1.20. The highest BCUT2D eigenvalue weighted by atomic mass is 127. The number of benzene rings is 2. The lowest BCUT2D eigenvalue weighted by Gasteiger charge is -2.12. The molecule has 1 amide bonds. The lowest BCUT2D eigenvalue weighted by molar-refractivity contribution is -0.110. The van der Waals surface area contributed by atoms with Crippen LogP contribution in [0.25, 0.3) is 11.6 Å². The number of para-hydroxylation sites is 1. The standard InChI is InChI=1S/C19H16INO3/c1-3-8-24-18-15(20)10-12(11-17(18)23-2)9-14-13-6-4-5-7-16(13)21-19(14)22/h3-7,9-11H,1,8H2,2H3,(H,21,22)/b14-9-. The Labute approximate surface area is 154 Å². The number of rotatable bonds is 5. The molecule has 0 saturated carbocycles. The number of ether oxygens (including phenoxy) is 2. The Kier molecular flexibility index (Phi) is 4.89. The normalized spacial score (nSPS) is 14.2. The Morgan fingerprint density at radius 1 is 1.29 bits per heavy atom. The molecule has 0 radical (unpaired) electrons. The highest BCUT2D eigenvalue weighted by Gasteiger charge is 2.23. The van der Waals surface area contributed by atoms with Gasteiger partial charge in [-0.1, -0.05) is 30.9 Å². The van der Waals surface area contributed by atoms with Crippen LogP contribution in [0.3, 0.4) is 0 Å². The van der Waals surface area contributed by atoms with Crippen LogP contribution in [0, 0.1) is 3.57 Å². The van der Waals surface area contributed by atoms with E-state index < -0.39 is 0 Å². The highest BCUT2D eigenvalue weighted by Crippen LogP contribution is 2.37. The number of carbonyl (C=O) groups excluding carboxylic acids is 1. The average Bonchev–Trinajstić information content (AvgIpc) is 2.89. The molecule has 0 unspecified atom stereocenters.